The Hall–Kier alpha value is -2.17. The Morgan fingerprint density at radius 2 is 1.70 bits per heavy atom. The number of carbonyl (C=O) groups is 1. The Morgan fingerprint density at radius 3 is 2.52 bits per heavy atom. The van der Waals surface area contributed by atoms with Gasteiger partial charge in [0.1, 0.15) is 0 Å². The van der Waals surface area contributed by atoms with Gasteiger partial charge in [-0.05, 0) is 42.5 Å². The number of nitrogens with zero attached hydrogens (tertiary/aromatic N) is 2. The molecular weight excluding hydrogens is 334 g/mol. The molecule has 4 heteroatoms. The van der Waals surface area contributed by atoms with Gasteiger partial charge in [0.15, 0.2) is 0 Å². The largest absolute Gasteiger partial charge is 0.351 e. The number of benzene rings is 2. The fraction of sp³-hybridized carbons (Fsp3) is 0.435. The zero-order valence-corrected chi connectivity index (χ0v) is 15.9. The highest BCUT2D eigenvalue weighted by atomic mass is 16.1. The number of aryl methyl sites for hydroxylation is 1. The molecule has 0 unspecified atom stereocenters. The van der Waals surface area contributed by atoms with Crippen molar-refractivity contribution in [3.05, 3.63) is 71.3 Å². The van der Waals surface area contributed by atoms with Crippen LogP contribution in [0.2, 0.25) is 0 Å². The summed E-state index contributed by atoms with van der Waals surface area (Å²) in [6.07, 6.45) is 3.81. The number of hydrogen-bond acceptors (Lipinski definition) is 3. The highest BCUT2D eigenvalue weighted by Crippen LogP contribution is 2.34. The summed E-state index contributed by atoms with van der Waals surface area (Å²) >= 11 is 0. The maximum absolute atomic E-state index is 12.1. The number of rotatable bonds is 5. The van der Waals surface area contributed by atoms with E-state index in [0.717, 1.165) is 38.3 Å². The van der Waals surface area contributed by atoms with Gasteiger partial charge < -0.3 is 5.32 Å². The second-order valence-corrected chi connectivity index (χ2v) is 7.61. The van der Waals surface area contributed by atoms with E-state index in [4.69, 9.17) is 0 Å². The Labute approximate surface area is 162 Å². The van der Waals surface area contributed by atoms with Crippen LogP contribution in [0.4, 0.5) is 0 Å². The molecule has 0 bridgehead atoms. The van der Waals surface area contributed by atoms with Crippen LogP contribution < -0.4 is 5.32 Å². The molecule has 1 N–H and O–H groups in total. The molecule has 4 nitrogen and oxygen atoms in total. The van der Waals surface area contributed by atoms with Crippen LogP contribution in [0.1, 0.15) is 40.4 Å². The molecule has 2 aromatic carbocycles. The van der Waals surface area contributed by atoms with Gasteiger partial charge in [0.05, 0.1) is 0 Å². The fourth-order valence-electron chi connectivity index (χ4n) is 4.43. The molecule has 1 atom stereocenters. The molecule has 0 aromatic heterocycles. The molecule has 2 aromatic rings. The van der Waals surface area contributed by atoms with Gasteiger partial charge in [-0.15, -0.1) is 0 Å². The smallest absolute Gasteiger partial charge is 0.251 e. The first-order valence-corrected chi connectivity index (χ1v) is 10.2. The number of amides is 1. The van der Waals surface area contributed by atoms with E-state index in [9.17, 15) is 4.79 Å². The SMILES string of the molecule is O=C(NCCN1CCN([C@@H]2CCCc3ccccc32)CC1)c1ccccc1. The first-order chi connectivity index (χ1) is 13.3. The summed E-state index contributed by atoms with van der Waals surface area (Å²) < 4.78 is 0. The van der Waals surface area contributed by atoms with Gasteiger partial charge in [-0.2, -0.15) is 0 Å². The summed E-state index contributed by atoms with van der Waals surface area (Å²) in [7, 11) is 0. The number of nitrogens with one attached hydrogen (secondary N) is 1. The minimum absolute atomic E-state index is 0.0213. The van der Waals surface area contributed by atoms with Crippen molar-refractivity contribution in [3.63, 3.8) is 0 Å². The third-order valence-electron chi connectivity index (χ3n) is 5.93. The van der Waals surface area contributed by atoms with E-state index in [0.29, 0.717) is 12.6 Å². The summed E-state index contributed by atoms with van der Waals surface area (Å²) in [5, 5.41) is 3.04. The van der Waals surface area contributed by atoms with Crippen molar-refractivity contribution in [1.82, 2.24) is 15.1 Å². The normalized spacial score (nSPS) is 20.8. The number of fused-ring (bicyclic) bond motifs is 1. The van der Waals surface area contributed by atoms with Crippen LogP contribution in [0.3, 0.4) is 0 Å². The minimum Gasteiger partial charge on any atom is -0.351 e. The van der Waals surface area contributed by atoms with Crippen molar-refractivity contribution in [2.75, 3.05) is 39.3 Å². The minimum atomic E-state index is 0.0213. The quantitative estimate of drug-likeness (QED) is 0.887. The van der Waals surface area contributed by atoms with E-state index < -0.39 is 0 Å². The predicted molar refractivity (Wildman–Crippen MR) is 109 cm³/mol. The molecule has 142 valence electrons. The first-order valence-electron chi connectivity index (χ1n) is 10.2. The Kier molecular flexibility index (Phi) is 5.85. The highest BCUT2D eigenvalue weighted by molar-refractivity contribution is 5.94. The fourth-order valence-corrected chi connectivity index (χ4v) is 4.43. The number of hydrogen-bond donors (Lipinski definition) is 1. The highest BCUT2D eigenvalue weighted by Gasteiger charge is 2.28. The van der Waals surface area contributed by atoms with E-state index in [1.54, 1.807) is 11.1 Å². The van der Waals surface area contributed by atoms with Crippen LogP contribution in [0, 0.1) is 0 Å². The molecule has 1 aliphatic heterocycles. The molecule has 1 heterocycles. The maximum Gasteiger partial charge on any atom is 0.251 e. The summed E-state index contributed by atoms with van der Waals surface area (Å²) in [6, 6.07) is 19.0. The Morgan fingerprint density at radius 1 is 0.963 bits per heavy atom. The molecule has 2 aliphatic rings. The van der Waals surface area contributed by atoms with Crippen LogP contribution in [-0.2, 0) is 6.42 Å². The molecule has 4 rings (SSSR count). The van der Waals surface area contributed by atoms with E-state index in [1.165, 1.54) is 19.3 Å². The zero-order chi connectivity index (χ0) is 18.5. The van der Waals surface area contributed by atoms with Crippen LogP contribution in [0.15, 0.2) is 54.6 Å². The average Bonchev–Trinajstić information content (AvgIpc) is 2.74. The van der Waals surface area contributed by atoms with E-state index in [2.05, 4.69) is 39.4 Å². The van der Waals surface area contributed by atoms with Crippen molar-refractivity contribution in [2.24, 2.45) is 0 Å². The molecule has 27 heavy (non-hydrogen) atoms. The molecule has 0 spiro atoms. The third-order valence-corrected chi connectivity index (χ3v) is 5.93. The lowest BCUT2D eigenvalue weighted by Gasteiger charge is -2.41. The maximum atomic E-state index is 12.1. The number of carbonyl (C=O) groups excluding carboxylic acids is 1. The molecule has 1 fully saturated rings. The van der Waals surface area contributed by atoms with Crippen LogP contribution in [-0.4, -0.2) is 55.0 Å². The molecule has 1 amide bonds. The molecule has 1 saturated heterocycles. The van der Waals surface area contributed by atoms with Crippen molar-refractivity contribution in [1.29, 1.82) is 0 Å². The van der Waals surface area contributed by atoms with Crippen LogP contribution >= 0.6 is 0 Å². The van der Waals surface area contributed by atoms with Crippen molar-refractivity contribution in [2.45, 2.75) is 25.3 Å². The van der Waals surface area contributed by atoms with E-state index in [1.807, 2.05) is 30.3 Å². The van der Waals surface area contributed by atoms with Crippen molar-refractivity contribution >= 4 is 5.91 Å². The second kappa shape index (κ2) is 8.68. The standard InChI is InChI=1S/C23H29N3O/c27-23(20-8-2-1-3-9-20)24-13-14-25-15-17-26(18-16-25)22-12-6-10-19-7-4-5-11-21(19)22/h1-5,7-9,11,22H,6,10,12-18H2,(H,24,27)/t22-/m1/s1. The van der Waals surface area contributed by atoms with Gasteiger partial charge >= 0.3 is 0 Å². The Bertz CT molecular complexity index is 753. The monoisotopic (exact) mass is 363 g/mol. The molecule has 0 saturated carbocycles. The van der Waals surface area contributed by atoms with Gasteiger partial charge in [-0.1, -0.05) is 42.5 Å². The summed E-state index contributed by atoms with van der Waals surface area (Å²) in [4.78, 5) is 17.3. The topological polar surface area (TPSA) is 35.6 Å². The average molecular weight is 364 g/mol. The first kappa shape index (κ1) is 18.2. The lowest BCUT2D eigenvalue weighted by Crippen LogP contribution is -2.49. The molecular formula is C23H29N3O. The Balaban J connectivity index is 1.24. The zero-order valence-electron chi connectivity index (χ0n) is 15.9. The molecule has 0 radical (unpaired) electrons. The lowest BCUT2D eigenvalue weighted by atomic mass is 9.86. The van der Waals surface area contributed by atoms with E-state index >= 15 is 0 Å². The van der Waals surface area contributed by atoms with Gasteiger partial charge in [0.2, 0.25) is 0 Å². The number of piperazine rings is 1. The predicted octanol–water partition coefficient (Wildman–Crippen LogP) is 3.11. The van der Waals surface area contributed by atoms with E-state index in [-0.39, 0.29) is 5.91 Å². The van der Waals surface area contributed by atoms with Crippen molar-refractivity contribution in [3.8, 4) is 0 Å². The second-order valence-electron chi connectivity index (χ2n) is 7.61. The molecule has 1 aliphatic carbocycles. The van der Waals surface area contributed by atoms with Crippen molar-refractivity contribution < 1.29 is 4.79 Å². The van der Waals surface area contributed by atoms with Crippen LogP contribution in [0.25, 0.3) is 0 Å². The lowest BCUT2D eigenvalue weighted by molar-refractivity contribution is 0.0847. The van der Waals surface area contributed by atoms with Crippen LogP contribution in [0.5, 0.6) is 0 Å². The third kappa shape index (κ3) is 4.40. The van der Waals surface area contributed by atoms with Gasteiger partial charge in [-0.25, -0.2) is 0 Å². The summed E-state index contributed by atoms with van der Waals surface area (Å²) in [5.74, 6) is 0.0213. The van der Waals surface area contributed by atoms with Gasteiger partial charge in [0, 0.05) is 50.9 Å². The van der Waals surface area contributed by atoms with Gasteiger partial charge in [-0.3, -0.25) is 14.6 Å². The summed E-state index contributed by atoms with van der Waals surface area (Å²) in [6.45, 7) is 6.03. The van der Waals surface area contributed by atoms with Gasteiger partial charge in [0.25, 0.3) is 5.91 Å². The summed E-state index contributed by atoms with van der Waals surface area (Å²) in [5.41, 5.74) is 3.82.